The molecular formula is C49H29N3O3. The van der Waals surface area contributed by atoms with E-state index < -0.39 is 0 Å². The van der Waals surface area contributed by atoms with E-state index in [2.05, 4.69) is 131 Å². The molecule has 12 aromatic rings. The number of benzene rings is 8. The largest absolute Gasteiger partial charge is 0.456 e. The van der Waals surface area contributed by atoms with Gasteiger partial charge in [-0.2, -0.15) is 0 Å². The van der Waals surface area contributed by atoms with Crippen molar-refractivity contribution in [1.82, 2.24) is 9.55 Å². The number of anilines is 3. The summed E-state index contributed by atoms with van der Waals surface area (Å²) in [7, 11) is 0. The van der Waals surface area contributed by atoms with Crippen molar-refractivity contribution in [3.8, 4) is 17.1 Å². The second-order valence-electron chi connectivity index (χ2n) is 13.9. The van der Waals surface area contributed by atoms with Gasteiger partial charge >= 0.3 is 0 Å². The third kappa shape index (κ3) is 4.46. The molecule has 0 fully saturated rings. The van der Waals surface area contributed by atoms with E-state index in [1.165, 1.54) is 10.8 Å². The first kappa shape index (κ1) is 29.9. The Balaban J connectivity index is 1.17. The van der Waals surface area contributed by atoms with Gasteiger partial charge in [0.05, 0.1) is 22.1 Å². The van der Waals surface area contributed by atoms with Crippen molar-refractivity contribution in [2.75, 3.05) is 4.90 Å². The molecule has 258 valence electrons. The van der Waals surface area contributed by atoms with Crippen LogP contribution < -0.4 is 4.90 Å². The van der Waals surface area contributed by atoms with E-state index in [0.29, 0.717) is 11.5 Å². The Kier molecular flexibility index (Phi) is 6.24. The van der Waals surface area contributed by atoms with Gasteiger partial charge in [-0.1, -0.05) is 84.9 Å². The van der Waals surface area contributed by atoms with Gasteiger partial charge in [-0.3, -0.25) is 0 Å². The molecule has 0 amide bonds. The highest BCUT2D eigenvalue weighted by Crippen LogP contribution is 2.46. The van der Waals surface area contributed by atoms with Gasteiger partial charge < -0.3 is 22.7 Å². The van der Waals surface area contributed by atoms with Crippen LogP contribution in [0.4, 0.5) is 17.1 Å². The quantitative estimate of drug-likeness (QED) is 0.178. The van der Waals surface area contributed by atoms with Crippen molar-refractivity contribution in [2.45, 2.75) is 0 Å². The number of para-hydroxylation sites is 4. The van der Waals surface area contributed by atoms with Crippen LogP contribution in [0.15, 0.2) is 189 Å². The molecule has 0 radical (unpaired) electrons. The summed E-state index contributed by atoms with van der Waals surface area (Å²) >= 11 is 0. The average Bonchev–Trinajstić information content (AvgIpc) is 4.02. The van der Waals surface area contributed by atoms with E-state index in [9.17, 15) is 0 Å². The van der Waals surface area contributed by atoms with Gasteiger partial charge in [-0.05, 0) is 91.0 Å². The maximum Gasteiger partial charge on any atom is 0.227 e. The third-order valence-corrected chi connectivity index (χ3v) is 10.8. The molecule has 0 aliphatic carbocycles. The molecule has 0 aliphatic rings. The summed E-state index contributed by atoms with van der Waals surface area (Å²) in [6.45, 7) is 0. The van der Waals surface area contributed by atoms with Gasteiger partial charge in [0.1, 0.15) is 27.8 Å². The van der Waals surface area contributed by atoms with Crippen molar-refractivity contribution >= 4 is 93.8 Å². The zero-order valence-corrected chi connectivity index (χ0v) is 29.3. The highest BCUT2D eigenvalue weighted by atomic mass is 16.4. The average molecular weight is 708 g/mol. The van der Waals surface area contributed by atoms with Crippen molar-refractivity contribution in [3.63, 3.8) is 0 Å². The van der Waals surface area contributed by atoms with Crippen LogP contribution in [-0.2, 0) is 0 Å². The molecule has 6 nitrogen and oxygen atoms in total. The Bertz CT molecular complexity index is 3440. The maximum atomic E-state index is 6.49. The lowest BCUT2D eigenvalue weighted by molar-refractivity contribution is 0.619. The number of hydrogen-bond donors (Lipinski definition) is 0. The minimum atomic E-state index is 0.580. The van der Waals surface area contributed by atoms with Gasteiger partial charge in [0.15, 0.2) is 5.58 Å². The Morgan fingerprint density at radius 2 is 1.05 bits per heavy atom. The lowest BCUT2D eigenvalue weighted by atomic mass is 10.1. The summed E-state index contributed by atoms with van der Waals surface area (Å²) in [5.41, 5.74) is 12.0. The van der Waals surface area contributed by atoms with E-state index in [4.69, 9.17) is 18.2 Å². The topological polar surface area (TPSA) is 60.5 Å². The van der Waals surface area contributed by atoms with Crippen LogP contribution in [0.3, 0.4) is 0 Å². The molecule has 0 atom stereocenters. The fraction of sp³-hybridized carbons (Fsp3) is 0. The first-order valence-corrected chi connectivity index (χ1v) is 18.4. The molecule has 8 aromatic carbocycles. The molecule has 0 bridgehead atoms. The number of furan rings is 2. The van der Waals surface area contributed by atoms with Crippen LogP contribution in [0, 0.1) is 0 Å². The van der Waals surface area contributed by atoms with Gasteiger partial charge in [-0.25, -0.2) is 4.98 Å². The Hall–Kier alpha value is -7.57. The molecule has 0 aliphatic heterocycles. The number of hydrogen-bond acceptors (Lipinski definition) is 5. The van der Waals surface area contributed by atoms with Crippen molar-refractivity contribution in [3.05, 3.63) is 176 Å². The molecular weight excluding hydrogens is 679 g/mol. The predicted octanol–water partition coefficient (Wildman–Crippen LogP) is 13.9. The molecule has 0 N–H and O–H groups in total. The summed E-state index contributed by atoms with van der Waals surface area (Å²) < 4.78 is 21.5. The second kappa shape index (κ2) is 11.5. The standard InChI is InChI=1S/C49H29N3O3/c1-3-12-30(13-4-1)49-50-47-45(55-49)27-26-44-46(47)38-29-33(23-25-43(38)54-44)51(32-22-24-42-37(28-32)35-17-8-10-21-41(35)53-42)40-20-11-18-36-34-16-7-9-19-39(34)52(48(36)40)31-14-5-2-6-15-31/h1-29H. The molecule has 0 unspecified atom stereocenters. The highest BCUT2D eigenvalue weighted by Gasteiger charge is 2.24. The molecule has 4 aromatic heterocycles. The van der Waals surface area contributed by atoms with E-state index in [1.807, 2.05) is 54.6 Å². The maximum absolute atomic E-state index is 6.49. The summed E-state index contributed by atoms with van der Waals surface area (Å²) in [6.07, 6.45) is 0. The van der Waals surface area contributed by atoms with Crippen LogP contribution in [0.2, 0.25) is 0 Å². The normalized spacial score (nSPS) is 12.0. The van der Waals surface area contributed by atoms with Crippen LogP contribution >= 0.6 is 0 Å². The predicted molar refractivity (Wildman–Crippen MR) is 223 cm³/mol. The number of fused-ring (bicyclic) bond motifs is 11. The van der Waals surface area contributed by atoms with Gasteiger partial charge in [0.2, 0.25) is 5.89 Å². The monoisotopic (exact) mass is 707 g/mol. The zero-order valence-electron chi connectivity index (χ0n) is 29.3. The smallest absolute Gasteiger partial charge is 0.227 e. The van der Waals surface area contributed by atoms with E-state index in [0.717, 1.165) is 88.7 Å². The molecule has 0 saturated heterocycles. The lowest BCUT2D eigenvalue weighted by Crippen LogP contribution is -2.11. The van der Waals surface area contributed by atoms with Gasteiger partial charge in [0, 0.05) is 49.6 Å². The summed E-state index contributed by atoms with van der Waals surface area (Å²) in [5, 5.41) is 6.38. The molecule has 12 rings (SSSR count). The molecule has 0 saturated carbocycles. The minimum Gasteiger partial charge on any atom is -0.456 e. The number of rotatable bonds is 5. The second-order valence-corrected chi connectivity index (χ2v) is 13.9. The highest BCUT2D eigenvalue weighted by molar-refractivity contribution is 6.19. The molecule has 4 heterocycles. The van der Waals surface area contributed by atoms with Crippen LogP contribution in [0.1, 0.15) is 0 Å². The number of aromatic nitrogens is 2. The Morgan fingerprint density at radius 1 is 0.436 bits per heavy atom. The van der Waals surface area contributed by atoms with Crippen molar-refractivity contribution in [2.24, 2.45) is 0 Å². The van der Waals surface area contributed by atoms with Crippen LogP contribution in [0.5, 0.6) is 0 Å². The Morgan fingerprint density at radius 3 is 1.89 bits per heavy atom. The fourth-order valence-corrected chi connectivity index (χ4v) is 8.39. The van der Waals surface area contributed by atoms with Crippen molar-refractivity contribution < 1.29 is 13.3 Å². The Labute approximate surface area is 313 Å². The lowest BCUT2D eigenvalue weighted by Gasteiger charge is -2.27. The summed E-state index contributed by atoms with van der Waals surface area (Å²) in [4.78, 5) is 7.40. The van der Waals surface area contributed by atoms with Gasteiger partial charge in [-0.15, -0.1) is 0 Å². The van der Waals surface area contributed by atoms with Crippen molar-refractivity contribution in [1.29, 1.82) is 0 Å². The van der Waals surface area contributed by atoms with Gasteiger partial charge in [0.25, 0.3) is 0 Å². The fourth-order valence-electron chi connectivity index (χ4n) is 8.39. The summed E-state index contributed by atoms with van der Waals surface area (Å²) in [5.74, 6) is 0.580. The number of nitrogens with zero attached hydrogens (tertiary/aromatic N) is 3. The SMILES string of the molecule is c1ccc(-c2nc3c(ccc4oc5ccc(N(c6ccc7oc8ccccc8c7c6)c6cccc7c8ccccc8n(-c8ccccc8)c67)cc5c43)o2)cc1. The van der Waals surface area contributed by atoms with Crippen LogP contribution in [-0.4, -0.2) is 9.55 Å². The zero-order chi connectivity index (χ0) is 36.0. The molecule has 6 heteroatoms. The van der Waals surface area contributed by atoms with E-state index >= 15 is 0 Å². The minimum absolute atomic E-state index is 0.580. The first-order valence-electron chi connectivity index (χ1n) is 18.4. The summed E-state index contributed by atoms with van der Waals surface area (Å²) in [6, 6.07) is 60.9. The van der Waals surface area contributed by atoms with E-state index in [-0.39, 0.29) is 0 Å². The molecule has 55 heavy (non-hydrogen) atoms. The third-order valence-electron chi connectivity index (χ3n) is 10.8. The van der Waals surface area contributed by atoms with E-state index in [1.54, 1.807) is 0 Å². The molecule has 0 spiro atoms. The van der Waals surface area contributed by atoms with Crippen LogP contribution in [0.25, 0.3) is 93.9 Å². The first-order chi connectivity index (χ1) is 27.3. The number of oxazole rings is 1.